The van der Waals surface area contributed by atoms with Crippen molar-refractivity contribution in [3.05, 3.63) is 29.1 Å². The maximum absolute atomic E-state index is 13.1. The Hall–Kier alpha value is -2.72. The van der Waals surface area contributed by atoms with Gasteiger partial charge in [-0.3, -0.25) is 4.79 Å². The third-order valence-electron chi connectivity index (χ3n) is 5.23. The highest BCUT2D eigenvalue weighted by atomic mass is 19.4. The van der Waals surface area contributed by atoms with Crippen LogP contribution in [0.25, 0.3) is 0 Å². The van der Waals surface area contributed by atoms with Gasteiger partial charge in [-0.25, -0.2) is 9.97 Å². The summed E-state index contributed by atoms with van der Waals surface area (Å²) >= 11 is 0. The standard InChI is InChI=1S/C18H22F3N7O/c1-11(2)12-9-13(23-17(22-12)26-5-3-4-6-26)15(29)27-7-8-28-14(10-27)24-25-16(28)18(19,20)21/h9,11H,3-8,10H2,1-2H3. The number of hydrogen-bond donors (Lipinski definition) is 0. The Morgan fingerprint density at radius 3 is 2.45 bits per heavy atom. The Morgan fingerprint density at radius 2 is 1.79 bits per heavy atom. The summed E-state index contributed by atoms with van der Waals surface area (Å²) in [6.07, 6.45) is -2.45. The van der Waals surface area contributed by atoms with E-state index in [4.69, 9.17) is 0 Å². The molecule has 1 fully saturated rings. The van der Waals surface area contributed by atoms with E-state index in [9.17, 15) is 18.0 Å². The van der Waals surface area contributed by atoms with Crippen molar-refractivity contribution in [1.29, 1.82) is 0 Å². The molecule has 29 heavy (non-hydrogen) atoms. The fourth-order valence-electron chi connectivity index (χ4n) is 3.62. The molecule has 8 nitrogen and oxygen atoms in total. The van der Waals surface area contributed by atoms with Gasteiger partial charge in [-0.1, -0.05) is 13.8 Å². The van der Waals surface area contributed by atoms with Crippen molar-refractivity contribution in [2.24, 2.45) is 0 Å². The van der Waals surface area contributed by atoms with Crippen molar-refractivity contribution in [3.8, 4) is 0 Å². The van der Waals surface area contributed by atoms with Gasteiger partial charge < -0.3 is 14.4 Å². The van der Waals surface area contributed by atoms with Crippen LogP contribution in [0.15, 0.2) is 6.07 Å². The first-order chi connectivity index (χ1) is 13.7. The molecule has 0 radical (unpaired) electrons. The van der Waals surface area contributed by atoms with E-state index in [1.54, 1.807) is 6.07 Å². The van der Waals surface area contributed by atoms with Crippen molar-refractivity contribution < 1.29 is 18.0 Å². The number of aromatic nitrogens is 5. The van der Waals surface area contributed by atoms with Crippen LogP contribution in [0.2, 0.25) is 0 Å². The van der Waals surface area contributed by atoms with Crippen molar-refractivity contribution >= 4 is 11.9 Å². The molecule has 2 aliphatic rings. The fraction of sp³-hybridized carbons (Fsp3) is 0.611. The Labute approximate surface area is 165 Å². The first-order valence-corrected chi connectivity index (χ1v) is 9.66. The summed E-state index contributed by atoms with van der Waals surface area (Å²) in [7, 11) is 0. The summed E-state index contributed by atoms with van der Waals surface area (Å²) in [5, 5.41) is 6.89. The summed E-state index contributed by atoms with van der Waals surface area (Å²) < 4.78 is 40.1. The predicted molar refractivity (Wildman–Crippen MR) is 97.3 cm³/mol. The van der Waals surface area contributed by atoms with Crippen molar-refractivity contribution in [1.82, 2.24) is 29.6 Å². The molecule has 0 N–H and O–H groups in total. The van der Waals surface area contributed by atoms with E-state index in [1.807, 2.05) is 13.8 Å². The van der Waals surface area contributed by atoms with Crippen LogP contribution >= 0.6 is 0 Å². The van der Waals surface area contributed by atoms with Crippen molar-refractivity contribution in [2.75, 3.05) is 24.5 Å². The number of amides is 1. The van der Waals surface area contributed by atoms with Gasteiger partial charge in [0.2, 0.25) is 11.8 Å². The Kier molecular flexibility index (Phi) is 4.91. The average Bonchev–Trinajstić information content (AvgIpc) is 3.35. The van der Waals surface area contributed by atoms with E-state index in [0.717, 1.165) is 36.2 Å². The molecule has 2 aromatic heterocycles. The highest BCUT2D eigenvalue weighted by Crippen LogP contribution is 2.30. The van der Waals surface area contributed by atoms with Crippen LogP contribution in [0.5, 0.6) is 0 Å². The third-order valence-corrected chi connectivity index (χ3v) is 5.23. The number of carbonyl (C=O) groups is 1. The number of halogens is 3. The van der Waals surface area contributed by atoms with Gasteiger partial charge in [0, 0.05) is 31.9 Å². The quantitative estimate of drug-likeness (QED) is 0.775. The van der Waals surface area contributed by atoms with Gasteiger partial charge in [0.1, 0.15) is 5.69 Å². The number of rotatable bonds is 3. The summed E-state index contributed by atoms with van der Waals surface area (Å²) in [6.45, 7) is 5.77. The van der Waals surface area contributed by atoms with Crippen LogP contribution in [-0.2, 0) is 19.3 Å². The Balaban J connectivity index is 1.60. The number of carbonyl (C=O) groups excluding carboxylic acids is 1. The highest BCUT2D eigenvalue weighted by molar-refractivity contribution is 5.92. The number of fused-ring (bicyclic) bond motifs is 1. The highest BCUT2D eigenvalue weighted by Gasteiger charge is 2.40. The van der Waals surface area contributed by atoms with Gasteiger partial charge >= 0.3 is 6.18 Å². The number of alkyl halides is 3. The maximum atomic E-state index is 13.1. The molecule has 2 aliphatic heterocycles. The summed E-state index contributed by atoms with van der Waals surface area (Å²) in [4.78, 5) is 25.7. The zero-order valence-corrected chi connectivity index (χ0v) is 16.3. The van der Waals surface area contributed by atoms with E-state index in [2.05, 4.69) is 25.1 Å². The minimum Gasteiger partial charge on any atom is -0.341 e. The van der Waals surface area contributed by atoms with Crippen LogP contribution in [-0.4, -0.2) is 55.2 Å². The summed E-state index contributed by atoms with van der Waals surface area (Å²) in [6, 6.07) is 1.67. The second-order valence-corrected chi connectivity index (χ2v) is 7.64. The normalized spacial score (nSPS) is 17.2. The second kappa shape index (κ2) is 7.27. The molecule has 11 heteroatoms. The fourth-order valence-corrected chi connectivity index (χ4v) is 3.62. The minimum absolute atomic E-state index is 0.00990. The van der Waals surface area contributed by atoms with Crippen LogP contribution in [0.1, 0.15) is 60.4 Å². The number of hydrogen-bond acceptors (Lipinski definition) is 6. The monoisotopic (exact) mass is 409 g/mol. The van der Waals surface area contributed by atoms with Gasteiger partial charge in [0.05, 0.1) is 6.54 Å². The maximum Gasteiger partial charge on any atom is 0.451 e. The molecular formula is C18H22F3N7O. The van der Waals surface area contributed by atoms with Gasteiger partial charge in [0.25, 0.3) is 5.91 Å². The zero-order chi connectivity index (χ0) is 20.8. The molecule has 0 saturated carbocycles. The molecular weight excluding hydrogens is 387 g/mol. The lowest BCUT2D eigenvalue weighted by molar-refractivity contribution is -0.147. The molecule has 4 rings (SSSR count). The second-order valence-electron chi connectivity index (χ2n) is 7.64. The first-order valence-electron chi connectivity index (χ1n) is 9.66. The third kappa shape index (κ3) is 3.77. The van der Waals surface area contributed by atoms with Gasteiger partial charge in [-0.05, 0) is 24.8 Å². The van der Waals surface area contributed by atoms with Crippen LogP contribution in [0.4, 0.5) is 19.1 Å². The zero-order valence-electron chi connectivity index (χ0n) is 16.3. The number of anilines is 1. The van der Waals surface area contributed by atoms with Gasteiger partial charge in [0.15, 0.2) is 5.82 Å². The van der Waals surface area contributed by atoms with Crippen LogP contribution < -0.4 is 4.90 Å². The largest absolute Gasteiger partial charge is 0.451 e. The summed E-state index contributed by atoms with van der Waals surface area (Å²) in [5.74, 6) is -0.589. The molecule has 156 valence electrons. The van der Waals surface area contributed by atoms with E-state index < -0.39 is 12.0 Å². The minimum atomic E-state index is -4.57. The first kappa shape index (κ1) is 19.6. The molecule has 1 saturated heterocycles. The van der Waals surface area contributed by atoms with Crippen molar-refractivity contribution in [2.45, 2.75) is 51.9 Å². The lowest BCUT2D eigenvalue weighted by atomic mass is 10.1. The lowest BCUT2D eigenvalue weighted by Gasteiger charge is -2.28. The van der Waals surface area contributed by atoms with Crippen LogP contribution in [0, 0.1) is 0 Å². The Bertz CT molecular complexity index is 919. The molecule has 1 amide bonds. The van der Waals surface area contributed by atoms with E-state index >= 15 is 0 Å². The molecule has 4 heterocycles. The topological polar surface area (TPSA) is 80.0 Å². The average molecular weight is 409 g/mol. The SMILES string of the molecule is CC(C)c1cc(C(=O)N2CCn3c(nnc3C(F)(F)F)C2)nc(N2CCCC2)n1. The van der Waals surface area contributed by atoms with E-state index in [0.29, 0.717) is 5.95 Å². The molecule has 2 aromatic rings. The molecule has 0 atom stereocenters. The lowest BCUT2D eigenvalue weighted by Crippen LogP contribution is -2.40. The molecule has 0 bridgehead atoms. The molecule has 0 spiro atoms. The smallest absolute Gasteiger partial charge is 0.341 e. The van der Waals surface area contributed by atoms with E-state index in [-0.39, 0.29) is 43.0 Å². The van der Waals surface area contributed by atoms with E-state index in [1.165, 1.54) is 4.90 Å². The molecule has 0 aliphatic carbocycles. The van der Waals surface area contributed by atoms with Gasteiger partial charge in [-0.2, -0.15) is 13.2 Å². The number of nitrogens with zero attached hydrogens (tertiary/aromatic N) is 7. The van der Waals surface area contributed by atoms with Crippen molar-refractivity contribution in [3.63, 3.8) is 0 Å². The summed E-state index contributed by atoms with van der Waals surface area (Å²) in [5.41, 5.74) is 1.03. The molecule has 0 aromatic carbocycles. The van der Waals surface area contributed by atoms with Crippen LogP contribution in [0.3, 0.4) is 0 Å². The van der Waals surface area contributed by atoms with Gasteiger partial charge in [-0.15, -0.1) is 10.2 Å². The Morgan fingerprint density at radius 1 is 1.07 bits per heavy atom. The predicted octanol–water partition coefficient (Wildman–Crippen LogP) is 2.47. The molecule has 0 unspecified atom stereocenters.